The molecule has 112 valence electrons. The molecule has 3 rings (SSSR count). The normalized spacial score (nSPS) is 30.9. The summed E-state index contributed by atoms with van der Waals surface area (Å²) in [6.45, 7) is 5.38. The quantitative estimate of drug-likeness (QED) is 0.884. The molecule has 0 aromatic carbocycles. The highest BCUT2D eigenvalue weighted by Gasteiger charge is 2.44. The molecule has 20 heavy (non-hydrogen) atoms. The van der Waals surface area contributed by atoms with Crippen LogP contribution in [0, 0.1) is 18.8 Å². The van der Waals surface area contributed by atoms with Crippen LogP contribution in [0.5, 0.6) is 0 Å². The van der Waals surface area contributed by atoms with Crippen molar-refractivity contribution in [2.24, 2.45) is 17.6 Å². The minimum atomic E-state index is -3.45. The zero-order chi connectivity index (χ0) is 14.5. The van der Waals surface area contributed by atoms with Gasteiger partial charge in [-0.1, -0.05) is 0 Å². The first kappa shape index (κ1) is 14.0. The molecule has 2 heterocycles. The Morgan fingerprint density at radius 2 is 1.95 bits per heavy atom. The van der Waals surface area contributed by atoms with Crippen molar-refractivity contribution >= 4 is 10.0 Å². The first-order valence-corrected chi connectivity index (χ1v) is 8.67. The van der Waals surface area contributed by atoms with Crippen LogP contribution in [0.15, 0.2) is 11.1 Å². The van der Waals surface area contributed by atoms with E-state index < -0.39 is 10.0 Å². The monoisotopic (exact) mass is 298 g/mol. The molecule has 0 spiro atoms. The standard InChI is InChI=1S/C13H22N4O2S/c1-3-17-12(6-9(2)15-17)20(18,19)16-7-10-4-5-11(8-16)13(10)14/h6,10-11,13H,3-5,7-8,14H2,1-2H3/t10-,11+,13?. The average molecular weight is 298 g/mol. The first-order chi connectivity index (χ1) is 9.43. The lowest BCUT2D eigenvalue weighted by molar-refractivity contribution is 0.227. The predicted molar refractivity (Wildman–Crippen MR) is 75.6 cm³/mol. The summed E-state index contributed by atoms with van der Waals surface area (Å²) in [5.74, 6) is 0.616. The zero-order valence-corrected chi connectivity index (χ0v) is 12.8. The molecule has 3 atom stereocenters. The van der Waals surface area contributed by atoms with Crippen LogP contribution in [0.4, 0.5) is 0 Å². The maximum atomic E-state index is 12.8. The molecule has 1 aromatic rings. The first-order valence-electron chi connectivity index (χ1n) is 7.23. The second-order valence-electron chi connectivity index (χ2n) is 5.94. The summed E-state index contributed by atoms with van der Waals surface area (Å²) >= 11 is 0. The highest BCUT2D eigenvalue weighted by Crippen LogP contribution is 2.37. The number of hydrogen-bond acceptors (Lipinski definition) is 4. The van der Waals surface area contributed by atoms with Crippen LogP contribution in [-0.4, -0.2) is 41.6 Å². The largest absolute Gasteiger partial charge is 0.327 e. The number of nitrogens with two attached hydrogens (primary N) is 1. The smallest absolute Gasteiger partial charge is 0.260 e. The lowest BCUT2D eigenvalue weighted by Gasteiger charge is -2.35. The molecule has 1 aromatic heterocycles. The fraction of sp³-hybridized carbons (Fsp3) is 0.769. The van der Waals surface area contributed by atoms with Crippen molar-refractivity contribution in [3.8, 4) is 0 Å². The lowest BCUT2D eigenvalue weighted by Crippen LogP contribution is -2.50. The Labute approximate surface area is 120 Å². The molecule has 1 saturated heterocycles. The topological polar surface area (TPSA) is 81.2 Å². The molecule has 1 saturated carbocycles. The van der Waals surface area contributed by atoms with Crippen molar-refractivity contribution in [2.75, 3.05) is 13.1 Å². The van der Waals surface area contributed by atoms with Crippen LogP contribution >= 0.6 is 0 Å². The van der Waals surface area contributed by atoms with Gasteiger partial charge in [-0.05, 0) is 44.6 Å². The van der Waals surface area contributed by atoms with Gasteiger partial charge in [-0.25, -0.2) is 8.42 Å². The van der Waals surface area contributed by atoms with Crippen LogP contribution in [0.1, 0.15) is 25.5 Å². The van der Waals surface area contributed by atoms with Gasteiger partial charge in [-0.15, -0.1) is 0 Å². The molecule has 1 unspecified atom stereocenters. The van der Waals surface area contributed by atoms with Crippen molar-refractivity contribution in [1.82, 2.24) is 14.1 Å². The molecule has 2 fully saturated rings. The Bertz CT molecular complexity index is 596. The Morgan fingerprint density at radius 3 is 2.50 bits per heavy atom. The van der Waals surface area contributed by atoms with Crippen molar-refractivity contribution in [1.29, 1.82) is 0 Å². The van der Waals surface area contributed by atoms with E-state index in [1.165, 1.54) is 0 Å². The van der Waals surface area contributed by atoms with E-state index in [2.05, 4.69) is 5.10 Å². The van der Waals surface area contributed by atoms with E-state index in [-0.39, 0.29) is 6.04 Å². The molecule has 1 aliphatic heterocycles. The van der Waals surface area contributed by atoms with Gasteiger partial charge in [0.05, 0.1) is 5.69 Å². The minimum absolute atomic E-state index is 0.166. The van der Waals surface area contributed by atoms with Crippen molar-refractivity contribution in [3.63, 3.8) is 0 Å². The van der Waals surface area contributed by atoms with Gasteiger partial charge >= 0.3 is 0 Å². The van der Waals surface area contributed by atoms with Crippen LogP contribution < -0.4 is 5.73 Å². The van der Waals surface area contributed by atoms with Crippen LogP contribution in [-0.2, 0) is 16.6 Å². The van der Waals surface area contributed by atoms with Crippen LogP contribution in [0.3, 0.4) is 0 Å². The Kier molecular flexibility index (Phi) is 3.38. The zero-order valence-electron chi connectivity index (χ0n) is 12.0. The van der Waals surface area contributed by atoms with Gasteiger partial charge in [-0.2, -0.15) is 9.40 Å². The molecule has 6 nitrogen and oxygen atoms in total. The number of piperidine rings is 1. The summed E-state index contributed by atoms with van der Waals surface area (Å²) in [5.41, 5.74) is 6.89. The molecule has 2 N–H and O–H groups in total. The van der Waals surface area contributed by atoms with E-state index in [1.807, 2.05) is 13.8 Å². The van der Waals surface area contributed by atoms with Crippen LogP contribution in [0.2, 0.25) is 0 Å². The highest BCUT2D eigenvalue weighted by atomic mass is 32.2. The molecule has 1 aliphatic carbocycles. The third kappa shape index (κ3) is 2.08. The van der Waals surface area contributed by atoms with Gasteiger partial charge in [0.15, 0.2) is 5.03 Å². The maximum absolute atomic E-state index is 12.8. The summed E-state index contributed by atoms with van der Waals surface area (Å²) < 4.78 is 28.8. The number of hydrogen-bond donors (Lipinski definition) is 1. The van der Waals surface area contributed by atoms with E-state index >= 15 is 0 Å². The number of aryl methyl sites for hydroxylation is 2. The lowest BCUT2D eigenvalue weighted by atomic mass is 9.95. The van der Waals surface area contributed by atoms with Crippen molar-refractivity contribution < 1.29 is 8.42 Å². The van der Waals surface area contributed by atoms with E-state index in [0.717, 1.165) is 18.5 Å². The van der Waals surface area contributed by atoms with Gasteiger partial charge in [0.1, 0.15) is 0 Å². The third-order valence-corrected chi connectivity index (χ3v) is 6.48. The Balaban J connectivity index is 1.93. The number of rotatable bonds is 3. The Hall–Kier alpha value is -0.920. The Morgan fingerprint density at radius 1 is 1.35 bits per heavy atom. The summed E-state index contributed by atoms with van der Waals surface area (Å²) in [4.78, 5) is 0. The molecular formula is C13H22N4O2S. The van der Waals surface area contributed by atoms with Crippen LogP contribution in [0.25, 0.3) is 0 Å². The predicted octanol–water partition coefficient (Wildman–Crippen LogP) is 0.569. The van der Waals surface area contributed by atoms with E-state index in [4.69, 9.17) is 5.73 Å². The SMILES string of the molecule is CCn1nc(C)cc1S(=O)(=O)N1C[C@H]2CC[C@@H](C1)C2N. The van der Waals surface area contributed by atoms with E-state index in [1.54, 1.807) is 15.1 Å². The fourth-order valence-electron chi connectivity index (χ4n) is 3.51. The fourth-order valence-corrected chi connectivity index (χ4v) is 5.30. The summed E-state index contributed by atoms with van der Waals surface area (Å²) in [7, 11) is -3.45. The number of aromatic nitrogens is 2. The molecule has 0 radical (unpaired) electrons. The number of sulfonamides is 1. The number of nitrogens with zero attached hydrogens (tertiary/aromatic N) is 3. The molecule has 2 bridgehead atoms. The molecule has 7 heteroatoms. The molecule has 0 amide bonds. The summed E-state index contributed by atoms with van der Waals surface area (Å²) in [6.07, 6.45) is 2.09. The second kappa shape index (κ2) is 4.82. The van der Waals surface area contributed by atoms with E-state index in [9.17, 15) is 8.42 Å². The van der Waals surface area contributed by atoms with Gasteiger partial charge < -0.3 is 5.73 Å². The van der Waals surface area contributed by atoms with Gasteiger partial charge in [0.2, 0.25) is 0 Å². The maximum Gasteiger partial charge on any atom is 0.260 e. The summed E-state index contributed by atoms with van der Waals surface area (Å²) in [6, 6.07) is 1.83. The summed E-state index contributed by atoms with van der Waals surface area (Å²) in [5, 5.41) is 4.56. The van der Waals surface area contributed by atoms with Crippen molar-refractivity contribution in [3.05, 3.63) is 11.8 Å². The number of fused-ring (bicyclic) bond motifs is 2. The molecular weight excluding hydrogens is 276 g/mol. The van der Waals surface area contributed by atoms with Gasteiger partial charge in [0, 0.05) is 25.7 Å². The minimum Gasteiger partial charge on any atom is -0.327 e. The van der Waals surface area contributed by atoms with Gasteiger partial charge in [0.25, 0.3) is 10.0 Å². The van der Waals surface area contributed by atoms with Crippen molar-refractivity contribution in [2.45, 2.75) is 44.3 Å². The molecule has 2 aliphatic rings. The highest BCUT2D eigenvalue weighted by molar-refractivity contribution is 7.89. The third-order valence-electron chi connectivity index (χ3n) is 4.64. The average Bonchev–Trinajstić information content (AvgIpc) is 2.85. The second-order valence-corrected chi connectivity index (χ2v) is 7.82. The van der Waals surface area contributed by atoms with E-state index in [0.29, 0.717) is 36.5 Å². The van der Waals surface area contributed by atoms with Gasteiger partial charge in [-0.3, -0.25) is 4.68 Å².